The van der Waals surface area contributed by atoms with Gasteiger partial charge in [0.1, 0.15) is 5.82 Å². The summed E-state index contributed by atoms with van der Waals surface area (Å²) in [6.07, 6.45) is 0.826. The lowest BCUT2D eigenvalue weighted by Crippen LogP contribution is -2.49. The molecule has 1 atom stereocenters. The first-order valence-electron chi connectivity index (χ1n) is 10.1. The fraction of sp³-hybridized carbons (Fsp3) is 0.600. The number of nitrogens with zero attached hydrogens (tertiary/aromatic N) is 4. The third kappa shape index (κ3) is 5.34. The number of hydrogen-bond donors (Lipinski definition) is 2. The monoisotopic (exact) mass is 391 g/mol. The molecule has 2 fully saturated rings. The van der Waals surface area contributed by atoms with Crippen LogP contribution in [0.5, 0.6) is 0 Å². The number of likely N-dealkylation sites (tertiary alicyclic amines) is 1. The standard InChI is InChI=1S/C20H30FN5O2/c1-2-22-20(26-10-8-18(27)15-26)23-9-7-19(28)25-13-11-24(12-14-25)17-5-3-16(21)4-6-17/h3-6,18,27H,2,7-15H2,1H3,(H,22,23)/t18-/m1/s1. The summed E-state index contributed by atoms with van der Waals surface area (Å²) in [6.45, 7) is 7.39. The smallest absolute Gasteiger partial charge is 0.224 e. The van der Waals surface area contributed by atoms with Crippen molar-refractivity contribution in [3.05, 3.63) is 30.1 Å². The van der Waals surface area contributed by atoms with Crippen molar-refractivity contribution in [3.8, 4) is 0 Å². The normalized spacial score (nSPS) is 20.6. The van der Waals surface area contributed by atoms with Gasteiger partial charge in [-0.3, -0.25) is 9.79 Å². The van der Waals surface area contributed by atoms with Gasteiger partial charge < -0.3 is 25.1 Å². The van der Waals surface area contributed by atoms with Gasteiger partial charge in [-0.2, -0.15) is 0 Å². The van der Waals surface area contributed by atoms with E-state index in [0.29, 0.717) is 32.6 Å². The summed E-state index contributed by atoms with van der Waals surface area (Å²) >= 11 is 0. The Morgan fingerprint density at radius 2 is 1.89 bits per heavy atom. The second-order valence-electron chi connectivity index (χ2n) is 7.22. The van der Waals surface area contributed by atoms with Gasteiger partial charge in [-0.25, -0.2) is 4.39 Å². The van der Waals surface area contributed by atoms with Crippen LogP contribution in [-0.2, 0) is 4.79 Å². The number of hydrogen-bond acceptors (Lipinski definition) is 4. The largest absolute Gasteiger partial charge is 0.391 e. The van der Waals surface area contributed by atoms with Crippen LogP contribution in [0, 0.1) is 5.82 Å². The molecule has 3 rings (SSSR count). The van der Waals surface area contributed by atoms with Crippen LogP contribution in [0.25, 0.3) is 0 Å². The van der Waals surface area contributed by atoms with E-state index >= 15 is 0 Å². The topological polar surface area (TPSA) is 71.4 Å². The van der Waals surface area contributed by atoms with Gasteiger partial charge in [0.05, 0.1) is 12.6 Å². The predicted octanol–water partition coefficient (Wildman–Crippen LogP) is 0.897. The highest BCUT2D eigenvalue weighted by Crippen LogP contribution is 2.17. The highest BCUT2D eigenvalue weighted by molar-refractivity contribution is 5.81. The predicted molar refractivity (Wildman–Crippen MR) is 108 cm³/mol. The van der Waals surface area contributed by atoms with Gasteiger partial charge in [0, 0.05) is 57.9 Å². The Balaban J connectivity index is 1.45. The van der Waals surface area contributed by atoms with Crippen LogP contribution < -0.4 is 10.2 Å². The van der Waals surface area contributed by atoms with E-state index in [-0.39, 0.29) is 17.8 Å². The zero-order chi connectivity index (χ0) is 19.9. The Hall–Kier alpha value is -2.35. The molecule has 0 saturated carbocycles. The third-order valence-corrected chi connectivity index (χ3v) is 5.21. The van der Waals surface area contributed by atoms with Gasteiger partial charge >= 0.3 is 0 Å². The first-order chi connectivity index (χ1) is 13.6. The van der Waals surface area contributed by atoms with Gasteiger partial charge in [-0.1, -0.05) is 0 Å². The number of rotatable bonds is 5. The Bertz CT molecular complexity index is 674. The fourth-order valence-electron chi connectivity index (χ4n) is 3.64. The number of carbonyl (C=O) groups excluding carboxylic acids is 1. The van der Waals surface area contributed by atoms with Gasteiger partial charge in [0.25, 0.3) is 0 Å². The molecule has 0 spiro atoms. The Kier molecular flexibility index (Phi) is 7.08. The van der Waals surface area contributed by atoms with Gasteiger partial charge in [-0.15, -0.1) is 0 Å². The van der Waals surface area contributed by atoms with Crippen LogP contribution in [0.3, 0.4) is 0 Å². The number of nitrogens with one attached hydrogen (secondary N) is 1. The van der Waals surface area contributed by atoms with Crippen LogP contribution in [0.4, 0.5) is 10.1 Å². The van der Waals surface area contributed by atoms with Crippen molar-refractivity contribution in [1.29, 1.82) is 0 Å². The molecule has 2 saturated heterocycles. The van der Waals surface area contributed by atoms with Crippen LogP contribution in [0.15, 0.2) is 29.3 Å². The summed E-state index contributed by atoms with van der Waals surface area (Å²) in [6, 6.07) is 6.48. The number of anilines is 1. The number of aliphatic hydroxyl groups is 1. The fourth-order valence-corrected chi connectivity index (χ4v) is 3.64. The Labute approximate surface area is 165 Å². The molecule has 0 aliphatic carbocycles. The van der Waals surface area contributed by atoms with E-state index < -0.39 is 0 Å². The Morgan fingerprint density at radius 3 is 2.50 bits per heavy atom. The molecule has 0 unspecified atom stereocenters. The first kappa shape index (κ1) is 20.4. The summed E-state index contributed by atoms with van der Waals surface area (Å²) in [5.74, 6) is 0.645. The van der Waals surface area contributed by atoms with E-state index in [2.05, 4.69) is 15.2 Å². The average molecular weight is 391 g/mol. The minimum atomic E-state index is -0.303. The molecular weight excluding hydrogens is 361 g/mol. The maximum absolute atomic E-state index is 13.1. The van der Waals surface area contributed by atoms with Crippen molar-refractivity contribution in [2.24, 2.45) is 4.99 Å². The summed E-state index contributed by atoms with van der Waals surface area (Å²) in [7, 11) is 0. The summed E-state index contributed by atoms with van der Waals surface area (Å²) in [4.78, 5) is 23.2. The van der Waals surface area contributed by atoms with Crippen LogP contribution >= 0.6 is 0 Å². The first-order valence-corrected chi connectivity index (χ1v) is 10.1. The number of carbonyl (C=O) groups is 1. The number of halogens is 1. The number of guanidine groups is 1. The molecule has 0 radical (unpaired) electrons. The second kappa shape index (κ2) is 9.73. The zero-order valence-corrected chi connectivity index (χ0v) is 16.5. The SMILES string of the molecule is CCNC(=NCCC(=O)N1CCN(c2ccc(F)cc2)CC1)N1CC[C@@H](O)C1. The molecule has 2 N–H and O–H groups in total. The number of amides is 1. The van der Waals surface area contributed by atoms with E-state index in [1.165, 1.54) is 12.1 Å². The van der Waals surface area contributed by atoms with Gasteiger partial charge in [0.15, 0.2) is 5.96 Å². The molecule has 7 nitrogen and oxygen atoms in total. The summed E-state index contributed by atoms with van der Waals surface area (Å²) in [5.41, 5.74) is 0.987. The van der Waals surface area contributed by atoms with Crippen LogP contribution in [0.2, 0.25) is 0 Å². The van der Waals surface area contributed by atoms with Crippen molar-refractivity contribution in [1.82, 2.24) is 15.1 Å². The average Bonchev–Trinajstić information content (AvgIpc) is 3.14. The maximum Gasteiger partial charge on any atom is 0.224 e. The molecule has 2 aliphatic heterocycles. The number of benzene rings is 1. The van der Waals surface area contributed by atoms with E-state index in [9.17, 15) is 14.3 Å². The lowest BCUT2D eigenvalue weighted by Gasteiger charge is -2.36. The molecule has 2 heterocycles. The molecule has 0 bridgehead atoms. The number of aliphatic imine (C=N–C) groups is 1. The Morgan fingerprint density at radius 1 is 1.18 bits per heavy atom. The number of piperazine rings is 1. The quantitative estimate of drug-likeness (QED) is 0.576. The number of aliphatic hydroxyl groups excluding tert-OH is 1. The molecule has 154 valence electrons. The lowest BCUT2D eigenvalue weighted by molar-refractivity contribution is -0.131. The van der Waals surface area contributed by atoms with Gasteiger partial charge in [-0.05, 0) is 37.6 Å². The highest BCUT2D eigenvalue weighted by Gasteiger charge is 2.24. The molecular formula is C20H30FN5O2. The highest BCUT2D eigenvalue weighted by atomic mass is 19.1. The molecule has 0 aromatic heterocycles. The molecule has 2 aliphatic rings. The number of β-amino-alcohol motifs (C(OH)–C–C–N with tert-alkyl or cyclic N) is 1. The maximum atomic E-state index is 13.1. The van der Waals surface area contributed by atoms with E-state index in [0.717, 1.165) is 44.2 Å². The molecule has 28 heavy (non-hydrogen) atoms. The van der Waals surface area contributed by atoms with Crippen molar-refractivity contribution < 1.29 is 14.3 Å². The second-order valence-corrected chi connectivity index (χ2v) is 7.22. The van der Waals surface area contributed by atoms with Crippen molar-refractivity contribution in [3.63, 3.8) is 0 Å². The molecule has 1 aromatic rings. The molecule has 1 aromatic carbocycles. The van der Waals surface area contributed by atoms with Crippen molar-refractivity contribution >= 4 is 17.6 Å². The van der Waals surface area contributed by atoms with Crippen LogP contribution in [0.1, 0.15) is 19.8 Å². The lowest BCUT2D eigenvalue weighted by atomic mass is 10.2. The molecule has 8 heteroatoms. The van der Waals surface area contributed by atoms with Gasteiger partial charge in [0.2, 0.25) is 5.91 Å². The zero-order valence-electron chi connectivity index (χ0n) is 16.5. The van der Waals surface area contributed by atoms with Crippen molar-refractivity contribution in [2.45, 2.75) is 25.9 Å². The summed E-state index contributed by atoms with van der Waals surface area (Å²) in [5, 5.41) is 12.9. The van der Waals surface area contributed by atoms with E-state index in [4.69, 9.17) is 0 Å². The van der Waals surface area contributed by atoms with E-state index in [1.807, 2.05) is 16.7 Å². The minimum Gasteiger partial charge on any atom is -0.391 e. The molecule has 1 amide bonds. The van der Waals surface area contributed by atoms with E-state index in [1.54, 1.807) is 12.1 Å². The van der Waals surface area contributed by atoms with Crippen LogP contribution in [-0.4, -0.2) is 85.2 Å². The summed E-state index contributed by atoms with van der Waals surface area (Å²) < 4.78 is 13.1. The third-order valence-electron chi connectivity index (χ3n) is 5.21. The van der Waals surface area contributed by atoms with Crippen molar-refractivity contribution in [2.75, 3.05) is 57.3 Å². The minimum absolute atomic E-state index is 0.111.